The second-order valence-electron chi connectivity index (χ2n) is 4.77. The van der Waals surface area contributed by atoms with Crippen LogP contribution in [0.15, 0.2) is 24.3 Å². The van der Waals surface area contributed by atoms with E-state index in [1.165, 1.54) is 11.1 Å². The molecule has 2 rings (SSSR count). The fourth-order valence-electron chi connectivity index (χ4n) is 2.28. The van der Waals surface area contributed by atoms with Crippen LogP contribution in [-0.2, 0) is 17.8 Å². The lowest BCUT2D eigenvalue weighted by atomic mass is 9.95. The summed E-state index contributed by atoms with van der Waals surface area (Å²) in [4.78, 5) is 14.0. The predicted octanol–water partition coefficient (Wildman–Crippen LogP) is 0.379. The lowest BCUT2D eigenvalue weighted by molar-refractivity contribution is -0.132. The van der Waals surface area contributed by atoms with Gasteiger partial charge in [0.05, 0.1) is 6.04 Å². The van der Waals surface area contributed by atoms with Gasteiger partial charge in [-0.2, -0.15) is 0 Å². The quantitative estimate of drug-likeness (QED) is 0.808. The number of likely N-dealkylation sites (N-methyl/N-ethyl adjacent to an activating group) is 2. The summed E-state index contributed by atoms with van der Waals surface area (Å²) in [5, 5.41) is 6.38. The van der Waals surface area contributed by atoms with E-state index in [1.54, 1.807) is 4.90 Å². The van der Waals surface area contributed by atoms with Crippen molar-refractivity contribution in [3.05, 3.63) is 35.4 Å². The monoisotopic (exact) mass is 247 g/mol. The van der Waals surface area contributed by atoms with Crippen molar-refractivity contribution in [3.63, 3.8) is 0 Å². The molecule has 1 aromatic carbocycles. The highest BCUT2D eigenvalue weighted by molar-refractivity contribution is 5.82. The molecular formula is C14H21N3O. The van der Waals surface area contributed by atoms with Gasteiger partial charge in [-0.1, -0.05) is 24.3 Å². The molecule has 0 fully saturated rings. The maximum atomic E-state index is 12.2. The molecule has 0 aromatic heterocycles. The molecule has 0 saturated carbocycles. The van der Waals surface area contributed by atoms with Crippen LogP contribution in [0.4, 0.5) is 0 Å². The smallest absolute Gasteiger partial charge is 0.239 e. The number of benzene rings is 1. The molecule has 0 bridgehead atoms. The number of fused-ring (bicyclic) bond motifs is 1. The number of hydrogen-bond donors (Lipinski definition) is 2. The average molecular weight is 247 g/mol. The zero-order valence-corrected chi connectivity index (χ0v) is 11.1. The molecule has 1 atom stereocenters. The number of nitrogens with one attached hydrogen (secondary N) is 2. The van der Waals surface area contributed by atoms with Crippen LogP contribution in [0, 0.1) is 0 Å². The number of amides is 1. The topological polar surface area (TPSA) is 44.4 Å². The van der Waals surface area contributed by atoms with E-state index >= 15 is 0 Å². The van der Waals surface area contributed by atoms with E-state index in [0.717, 1.165) is 26.1 Å². The van der Waals surface area contributed by atoms with Gasteiger partial charge >= 0.3 is 0 Å². The first-order valence-electron chi connectivity index (χ1n) is 6.42. The average Bonchev–Trinajstić information content (AvgIpc) is 2.43. The Morgan fingerprint density at radius 2 is 2.17 bits per heavy atom. The lowest BCUT2D eigenvalue weighted by Crippen LogP contribution is -2.49. The van der Waals surface area contributed by atoms with Crippen molar-refractivity contribution in [2.24, 2.45) is 0 Å². The Balaban J connectivity index is 1.98. The van der Waals surface area contributed by atoms with E-state index in [4.69, 9.17) is 0 Å². The van der Waals surface area contributed by atoms with Crippen LogP contribution in [0.1, 0.15) is 11.1 Å². The molecule has 0 unspecified atom stereocenters. The third-order valence-corrected chi connectivity index (χ3v) is 3.45. The summed E-state index contributed by atoms with van der Waals surface area (Å²) in [6.45, 7) is 2.35. The minimum absolute atomic E-state index is 0.0817. The first kappa shape index (κ1) is 13.1. The van der Waals surface area contributed by atoms with Crippen molar-refractivity contribution in [3.8, 4) is 0 Å². The second kappa shape index (κ2) is 5.98. The molecule has 0 radical (unpaired) electrons. The normalized spacial score (nSPS) is 18.2. The van der Waals surface area contributed by atoms with Gasteiger partial charge in [-0.3, -0.25) is 4.79 Å². The Kier molecular flexibility index (Phi) is 4.33. The van der Waals surface area contributed by atoms with Gasteiger partial charge < -0.3 is 15.5 Å². The van der Waals surface area contributed by atoms with E-state index in [2.05, 4.69) is 22.8 Å². The minimum atomic E-state index is -0.0817. The predicted molar refractivity (Wildman–Crippen MR) is 72.3 cm³/mol. The van der Waals surface area contributed by atoms with Crippen molar-refractivity contribution in [2.75, 3.05) is 27.2 Å². The van der Waals surface area contributed by atoms with Crippen LogP contribution >= 0.6 is 0 Å². The van der Waals surface area contributed by atoms with Crippen LogP contribution in [0.25, 0.3) is 0 Å². The number of carbonyl (C=O) groups is 1. The van der Waals surface area contributed by atoms with Gasteiger partial charge in [0.2, 0.25) is 5.91 Å². The SMILES string of the molecule is CNCCN(C)C(=O)[C@H]1Cc2ccccc2CN1. The van der Waals surface area contributed by atoms with Gasteiger partial charge in [0.25, 0.3) is 0 Å². The molecule has 1 amide bonds. The fraction of sp³-hybridized carbons (Fsp3) is 0.500. The Bertz CT molecular complexity index is 419. The van der Waals surface area contributed by atoms with Crippen molar-refractivity contribution < 1.29 is 4.79 Å². The Hall–Kier alpha value is -1.39. The Labute approximate surface area is 108 Å². The van der Waals surface area contributed by atoms with Gasteiger partial charge in [-0.05, 0) is 24.6 Å². The molecule has 1 aromatic rings. The lowest BCUT2D eigenvalue weighted by Gasteiger charge is -2.29. The van der Waals surface area contributed by atoms with Crippen LogP contribution in [0.5, 0.6) is 0 Å². The molecule has 0 spiro atoms. The van der Waals surface area contributed by atoms with Crippen LogP contribution in [-0.4, -0.2) is 44.0 Å². The molecule has 1 aliphatic rings. The summed E-state index contributed by atoms with van der Waals surface area (Å²) < 4.78 is 0. The number of nitrogens with zero attached hydrogens (tertiary/aromatic N) is 1. The highest BCUT2D eigenvalue weighted by atomic mass is 16.2. The largest absolute Gasteiger partial charge is 0.343 e. The molecule has 2 N–H and O–H groups in total. The highest BCUT2D eigenvalue weighted by Crippen LogP contribution is 2.17. The molecule has 1 aliphatic heterocycles. The van der Waals surface area contributed by atoms with Gasteiger partial charge in [0, 0.05) is 26.7 Å². The summed E-state index contributed by atoms with van der Waals surface area (Å²) >= 11 is 0. The minimum Gasteiger partial charge on any atom is -0.343 e. The van der Waals surface area contributed by atoms with Gasteiger partial charge in [-0.25, -0.2) is 0 Å². The van der Waals surface area contributed by atoms with Gasteiger partial charge in [-0.15, -0.1) is 0 Å². The molecule has 98 valence electrons. The summed E-state index contributed by atoms with van der Waals surface area (Å²) in [5.41, 5.74) is 2.59. The summed E-state index contributed by atoms with van der Waals surface area (Å²) in [6.07, 6.45) is 0.791. The number of carbonyl (C=O) groups excluding carboxylic acids is 1. The standard InChI is InChI=1S/C14H21N3O/c1-15-7-8-17(2)14(18)13-9-11-5-3-4-6-12(11)10-16-13/h3-6,13,15-16H,7-10H2,1-2H3/t13-/m1/s1. The maximum Gasteiger partial charge on any atom is 0.239 e. The molecule has 18 heavy (non-hydrogen) atoms. The van der Waals surface area contributed by atoms with Crippen molar-refractivity contribution in [2.45, 2.75) is 19.0 Å². The van der Waals surface area contributed by atoms with Crippen LogP contribution in [0.2, 0.25) is 0 Å². The molecule has 4 heteroatoms. The van der Waals surface area contributed by atoms with Crippen molar-refractivity contribution in [1.29, 1.82) is 0 Å². The number of rotatable bonds is 4. The van der Waals surface area contributed by atoms with E-state index in [1.807, 2.05) is 26.2 Å². The van der Waals surface area contributed by atoms with Gasteiger partial charge in [0.1, 0.15) is 0 Å². The number of hydrogen-bond acceptors (Lipinski definition) is 3. The van der Waals surface area contributed by atoms with E-state index in [-0.39, 0.29) is 11.9 Å². The summed E-state index contributed by atoms with van der Waals surface area (Å²) in [6, 6.07) is 8.23. The molecule has 0 aliphatic carbocycles. The molecule has 0 saturated heterocycles. The molecule has 4 nitrogen and oxygen atoms in total. The van der Waals surface area contributed by atoms with E-state index in [0.29, 0.717) is 0 Å². The third kappa shape index (κ3) is 2.89. The second-order valence-corrected chi connectivity index (χ2v) is 4.77. The zero-order chi connectivity index (χ0) is 13.0. The third-order valence-electron chi connectivity index (χ3n) is 3.45. The fourth-order valence-corrected chi connectivity index (χ4v) is 2.28. The molecule has 1 heterocycles. The zero-order valence-electron chi connectivity index (χ0n) is 11.1. The van der Waals surface area contributed by atoms with Crippen LogP contribution < -0.4 is 10.6 Å². The van der Waals surface area contributed by atoms with Gasteiger partial charge in [0.15, 0.2) is 0 Å². The highest BCUT2D eigenvalue weighted by Gasteiger charge is 2.25. The maximum absolute atomic E-state index is 12.2. The van der Waals surface area contributed by atoms with Crippen LogP contribution in [0.3, 0.4) is 0 Å². The van der Waals surface area contributed by atoms with Crippen molar-refractivity contribution in [1.82, 2.24) is 15.5 Å². The first-order valence-corrected chi connectivity index (χ1v) is 6.42. The Morgan fingerprint density at radius 3 is 2.89 bits per heavy atom. The van der Waals surface area contributed by atoms with E-state index in [9.17, 15) is 4.79 Å². The molecular weight excluding hydrogens is 226 g/mol. The Morgan fingerprint density at radius 1 is 1.44 bits per heavy atom. The van der Waals surface area contributed by atoms with Crippen molar-refractivity contribution >= 4 is 5.91 Å². The van der Waals surface area contributed by atoms with E-state index < -0.39 is 0 Å². The summed E-state index contributed by atoms with van der Waals surface area (Å²) in [7, 11) is 3.76. The first-order chi connectivity index (χ1) is 8.72. The summed E-state index contributed by atoms with van der Waals surface area (Å²) in [5.74, 6) is 0.180.